The number of rotatable bonds is 3. The minimum Gasteiger partial charge on any atom is -0.340 e. The van der Waals surface area contributed by atoms with E-state index in [0.29, 0.717) is 6.54 Å². The molecule has 1 aromatic carbocycles. The van der Waals surface area contributed by atoms with Gasteiger partial charge >= 0.3 is 0 Å². The predicted octanol–water partition coefficient (Wildman–Crippen LogP) is 4.44. The maximum absolute atomic E-state index is 13.3. The molecule has 5 rings (SSSR count). The summed E-state index contributed by atoms with van der Waals surface area (Å²) in [7, 11) is 0. The van der Waals surface area contributed by atoms with Gasteiger partial charge in [-0.15, -0.1) is 10.2 Å². The second kappa shape index (κ2) is 8.17. The monoisotopic (exact) mass is 469 g/mol. The maximum Gasteiger partial charge on any atom is 0.242 e. The summed E-state index contributed by atoms with van der Waals surface area (Å²) in [6.45, 7) is 5.04. The molecular weight excluding hydrogens is 442 g/mol. The van der Waals surface area contributed by atoms with E-state index < -0.39 is 0 Å². The van der Waals surface area contributed by atoms with Gasteiger partial charge in [-0.2, -0.15) is 0 Å². The standard InChI is InChI=1S/C23H28BrN5O/c1-16-22(24)18-9-4-5-10-19(18)29(16)15-21(30)27-12-7-8-17(14-27)23-26-25-20-11-3-2-6-13-28(20)23/h4-5,9-10,17H,2-3,6-8,11-15H2,1H3. The number of amides is 1. The fourth-order valence-electron chi connectivity index (χ4n) is 5.05. The van der Waals surface area contributed by atoms with Crippen LogP contribution >= 0.6 is 15.9 Å². The van der Waals surface area contributed by atoms with Crippen molar-refractivity contribution in [1.82, 2.24) is 24.2 Å². The molecule has 4 heterocycles. The summed E-state index contributed by atoms with van der Waals surface area (Å²) >= 11 is 3.70. The molecule has 1 unspecified atom stereocenters. The van der Waals surface area contributed by atoms with E-state index in [4.69, 9.17) is 0 Å². The number of carbonyl (C=O) groups excluding carboxylic acids is 1. The van der Waals surface area contributed by atoms with Gasteiger partial charge in [-0.3, -0.25) is 4.79 Å². The van der Waals surface area contributed by atoms with Gasteiger partial charge < -0.3 is 14.0 Å². The highest BCUT2D eigenvalue weighted by Gasteiger charge is 2.30. The first-order valence-corrected chi connectivity index (χ1v) is 11.9. The molecular formula is C23H28BrN5O. The molecule has 0 bridgehead atoms. The highest BCUT2D eigenvalue weighted by Crippen LogP contribution is 2.31. The fourth-order valence-corrected chi connectivity index (χ4v) is 5.60. The lowest BCUT2D eigenvalue weighted by molar-refractivity contribution is -0.133. The molecule has 6 nitrogen and oxygen atoms in total. The smallest absolute Gasteiger partial charge is 0.242 e. The fraction of sp³-hybridized carbons (Fsp3) is 0.522. The van der Waals surface area contributed by atoms with Gasteiger partial charge in [0.05, 0.1) is 0 Å². The summed E-state index contributed by atoms with van der Waals surface area (Å²) in [6.07, 6.45) is 6.79. The van der Waals surface area contributed by atoms with Crippen molar-refractivity contribution < 1.29 is 4.79 Å². The molecule has 2 aliphatic heterocycles. The number of nitrogens with zero attached hydrogens (tertiary/aromatic N) is 5. The number of fused-ring (bicyclic) bond motifs is 2. The Bertz CT molecular complexity index is 1080. The number of carbonyl (C=O) groups is 1. The number of benzene rings is 1. The van der Waals surface area contributed by atoms with Gasteiger partial charge in [0.2, 0.25) is 5.91 Å². The number of hydrogen-bond donors (Lipinski definition) is 0. The van der Waals surface area contributed by atoms with Crippen molar-refractivity contribution in [2.45, 2.75) is 64.5 Å². The molecule has 3 aromatic rings. The first-order valence-electron chi connectivity index (χ1n) is 11.1. The Hall–Kier alpha value is -2.15. The number of halogens is 1. The molecule has 1 fully saturated rings. The molecule has 0 spiro atoms. The van der Waals surface area contributed by atoms with Gasteiger partial charge in [0.1, 0.15) is 18.2 Å². The van der Waals surface area contributed by atoms with Crippen molar-refractivity contribution in [2.24, 2.45) is 0 Å². The van der Waals surface area contributed by atoms with Gasteiger partial charge in [0.15, 0.2) is 0 Å². The Balaban J connectivity index is 1.35. The second-order valence-corrected chi connectivity index (χ2v) is 9.41. The molecule has 158 valence electrons. The van der Waals surface area contributed by atoms with Crippen molar-refractivity contribution in [3.8, 4) is 0 Å². The lowest BCUT2D eigenvalue weighted by Crippen LogP contribution is -2.41. The topological polar surface area (TPSA) is 56.0 Å². The van der Waals surface area contributed by atoms with Crippen LogP contribution in [0.25, 0.3) is 10.9 Å². The van der Waals surface area contributed by atoms with E-state index >= 15 is 0 Å². The van der Waals surface area contributed by atoms with Gasteiger partial charge in [-0.1, -0.05) is 24.6 Å². The average molecular weight is 470 g/mol. The van der Waals surface area contributed by atoms with Crippen LogP contribution < -0.4 is 0 Å². The maximum atomic E-state index is 13.3. The van der Waals surface area contributed by atoms with Crippen LogP contribution in [0.2, 0.25) is 0 Å². The van der Waals surface area contributed by atoms with Gasteiger partial charge in [0.25, 0.3) is 0 Å². The second-order valence-electron chi connectivity index (χ2n) is 8.62. The molecule has 1 amide bonds. The summed E-state index contributed by atoms with van der Waals surface area (Å²) < 4.78 is 5.55. The van der Waals surface area contributed by atoms with E-state index in [2.05, 4.69) is 54.3 Å². The molecule has 2 aliphatic rings. The van der Waals surface area contributed by atoms with E-state index in [0.717, 1.165) is 71.6 Å². The van der Waals surface area contributed by atoms with Crippen LogP contribution in [0, 0.1) is 6.92 Å². The molecule has 30 heavy (non-hydrogen) atoms. The van der Waals surface area contributed by atoms with Crippen molar-refractivity contribution in [2.75, 3.05) is 13.1 Å². The number of hydrogen-bond acceptors (Lipinski definition) is 3. The molecule has 7 heteroatoms. The molecule has 0 aliphatic carbocycles. The van der Waals surface area contributed by atoms with Crippen LogP contribution in [-0.4, -0.2) is 43.2 Å². The Morgan fingerprint density at radius 3 is 2.90 bits per heavy atom. The SMILES string of the molecule is Cc1c(Br)c2ccccc2n1CC(=O)N1CCCC(c2nnc3n2CCCCC3)C1. The summed E-state index contributed by atoms with van der Waals surface area (Å²) in [5.41, 5.74) is 2.20. The molecule has 1 saturated heterocycles. The van der Waals surface area contributed by atoms with Crippen molar-refractivity contribution >= 4 is 32.7 Å². The molecule has 1 atom stereocenters. The van der Waals surface area contributed by atoms with Crippen LogP contribution in [0.3, 0.4) is 0 Å². The quantitative estimate of drug-likeness (QED) is 0.569. The molecule has 0 N–H and O–H groups in total. The van der Waals surface area contributed by atoms with Crippen molar-refractivity contribution in [3.05, 3.63) is 46.1 Å². The van der Waals surface area contributed by atoms with Gasteiger partial charge in [0, 0.05) is 53.0 Å². The Kier molecular flexibility index (Phi) is 5.39. The van der Waals surface area contributed by atoms with Gasteiger partial charge in [-0.25, -0.2) is 0 Å². The van der Waals surface area contributed by atoms with E-state index in [-0.39, 0.29) is 11.8 Å². The van der Waals surface area contributed by atoms with Crippen LogP contribution in [-0.2, 0) is 24.3 Å². The van der Waals surface area contributed by atoms with Crippen LogP contribution in [0.1, 0.15) is 55.4 Å². The van der Waals surface area contributed by atoms with Crippen molar-refractivity contribution in [1.29, 1.82) is 0 Å². The lowest BCUT2D eigenvalue weighted by Gasteiger charge is -2.33. The normalized spacial score (nSPS) is 19.7. The average Bonchev–Trinajstić information content (AvgIpc) is 3.17. The summed E-state index contributed by atoms with van der Waals surface area (Å²) in [5.74, 6) is 2.70. The zero-order valence-corrected chi connectivity index (χ0v) is 19.1. The van der Waals surface area contributed by atoms with E-state index in [9.17, 15) is 4.79 Å². The van der Waals surface area contributed by atoms with Crippen LogP contribution in [0.15, 0.2) is 28.7 Å². The Morgan fingerprint density at radius 2 is 2.00 bits per heavy atom. The zero-order chi connectivity index (χ0) is 20.7. The Labute approximate surface area is 185 Å². The first kappa shape index (κ1) is 19.8. The summed E-state index contributed by atoms with van der Waals surface area (Å²) in [5, 5.41) is 10.2. The predicted molar refractivity (Wildman–Crippen MR) is 121 cm³/mol. The largest absolute Gasteiger partial charge is 0.340 e. The van der Waals surface area contributed by atoms with E-state index in [1.807, 2.05) is 17.0 Å². The number of para-hydroxylation sites is 1. The zero-order valence-electron chi connectivity index (χ0n) is 17.5. The third-order valence-corrected chi connectivity index (χ3v) is 7.73. The first-order chi connectivity index (χ1) is 14.6. The van der Waals surface area contributed by atoms with E-state index in [1.165, 1.54) is 19.3 Å². The molecule has 0 saturated carbocycles. The van der Waals surface area contributed by atoms with Crippen LogP contribution in [0.4, 0.5) is 0 Å². The third kappa shape index (κ3) is 3.47. The molecule has 2 aromatic heterocycles. The summed E-state index contributed by atoms with van der Waals surface area (Å²) in [6, 6.07) is 8.25. The van der Waals surface area contributed by atoms with Crippen molar-refractivity contribution in [3.63, 3.8) is 0 Å². The third-order valence-electron chi connectivity index (χ3n) is 6.72. The minimum atomic E-state index is 0.187. The Morgan fingerprint density at radius 1 is 1.13 bits per heavy atom. The summed E-state index contributed by atoms with van der Waals surface area (Å²) in [4.78, 5) is 15.3. The number of piperidine rings is 1. The highest BCUT2D eigenvalue weighted by molar-refractivity contribution is 9.10. The highest BCUT2D eigenvalue weighted by atomic mass is 79.9. The minimum absolute atomic E-state index is 0.187. The number of aromatic nitrogens is 4. The van der Waals surface area contributed by atoms with Gasteiger partial charge in [-0.05, 0) is 54.6 Å². The lowest BCUT2D eigenvalue weighted by atomic mass is 9.97. The number of likely N-dealkylation sites (tertiary alicyclic amines) is 1. The van der Waals surface area contributed by atoms with Crippen LogP contribution in [0.5, 0.6) is 0 Å². The number of aryl methyl sites for hydroxylation is 1. The van der Waals surface area contributed by atoms with E-state index in [1.54, 1.807) is 0 Å². The molecule has 0 radical (unpaired) electrons.